The van der Waals surface area contributed by atoms with Gasteiger partial charge in [-0.1, -0.05) is 0 Å². The third-order valence-electron chi connectivity index (χ3n) is 3.84. The van der Waals surface area contributed by atoms with E-state index in [0.717, 1.165) is 6.42 Å². The summed E-state index contributed by atoms with van der Waals surface area (Å²) >= 11 is 0. The number of carbonyl (C=O) groups is 2. The number of ether oxygens (including phenoxy) is 2. The fourth-order valence-corrected chi connectivity index (χ4v) is 3.07. The minimum absolute atomic E-state index is 0.150. The van der Waals surface area contributed by atoms with E-state index in [0.29, 0.717) is 26.2 Å². The Morgan fingerprint density at radius 2 is 2.05 bits per heavy atom. The second-order valence-corrected chi connectivity index (χ2v) is 6.63. The van der Waals surface area contributed by atoms with E-state index >= 15 is 0 Å². The molecule has 2 aliphatic heterocycles. The van der Waals surface area contributed by atoms with Crippen LogP contribution in [0.15, 0.2) is 0 Å². The molecule has 0 aromatic heterocycles. The molecule has 0 radical (unpaired) electrons. The third-order valence-corrected chi connectivity index (χ3v) is 3.84. The topological polar surface area (TPSA) is 88.1 Å². The van der Waals surface area contributed by atoms with Crippen molar-refractivity contribution >= 4 is 12.2 Å². The van der Waals surface area contributed by atoms with Crippen LogP contribution < -0.4 is 5.32 Å². The average Bonchev–Trinajstić information content (AvgIpc) is 2.93. The number of likely N-dealkylation sites (tertiary alicyclic amines) is 1. The van der Waals surface area contributed by atoms with Crippen LogP contribution in [0, 0.1) is 5.92 Å². The highest BCUT2D eigenvalue weighted by Gasteiger charge is 2.45. The SMILES string of the molecule is CC(C)(C)OC(=O)N1CCC(NC(=O)O)C1C1CCOC1. The predicted octanol–water partition coefficient (Wildman–Crippen LogP) is 1.67. The van der Waals surface area contributed by atoms with Gasteiger partial charge in [0.1, 0.15) is 5.60 Å². The first-order valence-corrected chi connectivity index (χ1v) is 7.35. The first-order valence-electron chi connectivity index (χ1n) is 7.35. The standard InChI is InChI=1S/C14H24N2O5/c1-14(2,3)21-13(19)16-6-4-10(15-12(17)18)11(16)9-5-7-20-8-9/h9-11,15H,4-8H2,1-3H3,(H,17,18). The van der Waals surface area contributed by atoms with Crippen molar-refractivity contribution in [3.05, 3.63) is 0 Å². The molecule has 21 heavy (non-hydrogen) atoms. The molecule has 3 unspecified atom stereocenters. The summed E-state index contributed by atoms with van der Waals surface area (Å²) in [6.07, 6.45) is -0.00174. The molecule has 2 heterocycles. The summed E-state index contributed by atoms with van der Waals surface area (Å²) in [7, 11) is 0. The molecule has 0 aromatic carbocycles. The van der Waals surface area contributed by atoms with E-state index in [-0.39, 0.29) is 24.1 Å². The highest BCUT2D eigenvalue weighted by atomic mass is 16.6. The van der Waals surface area contributed by atoms with Crippen molar-refractivity contribution in [2.75, 3.05) is 19.8 Å². The van der Waals surface area contributed by atoms with Crippen LogP contribution in [0.5, 0.6) is 0 Å². The zero-order chi connectivity index (χ0) is 15.6. The number of nitrogens with zero attached hydrogens (tertiary/aromatic N) is 1. The molecule has 0 bridgehead atoms. The van der Waals surface area contributed by atoms with Crippen LogP contribution in [0.1, 0.15) is 33.6 Å². The lowest BCUT2D eigenvalue weighted by molar-refractivity contribution is 0.0152. The highest BCUT2D eigenvalue weighted by molar-refractivity contribution is 5.70. The van der Waals surface area contributed by atoms with E-state index in [1.807, 2.05) is 20.8 Å². The van der Waals surface area contributed by atoms with Gasteiger partial charge < -0.3 is 24.8 Å². The van der Waals surface area contributed by atoms with Gasteiger partial charge in [-0.05, 0) is 33.6 Å². The maximum Gasteiger partial charge on any atom is 0.410 e. The fraction of sp³-hybridized carbons (Fsp3) is 0.857. The van der Waals surface area contributed by atoms with Crippen LogP contribution in [0.25, 0.3) is 0 Å². The first-order chi connectivity index (χ1) is 9.78. The summed E-state index contributed by atoms with van der Waals surface area (Å²) < 4.78 is 10.8. The number of carbonyl (C=O) groups excluding carboxylic acids is 1. The van der Waals surface area contributed by atoms with E-state index in [1.165, 1.54) is 0 Å². The molecular formula is C14H24N2O5. The van der Waals surface area contributed by atoms with Crippen LogP contribution in [0.3, 0.4) is 0 Å². The zero-order valence-corrected chi connectivity index (χ0v) is 12.8. The van der Waals surface area contributed by atoms with Crippen molar-refractivity contribution in [3.63, 3.8) is 0 Å². The van der Waals surface area contributed by atoms with Gasteiger partial charge in [0.25, 0.3) is 0 Å². The van der Waals surface area contributed by atoms with Gasteiger partial charge in [-0.3, -0.25) is 0 Å². The number of nitrogens with one attached hydrogen (secondary N) is 1. The van der Waals surface area contributed by atoms with Crippen molar-refractivity contribution in [1.82, 2.24) is 10.2 Å². The second kappa shape index (κ2) is 6.09. The largest absolute Gasteiger partial charge is 0.465 e. The smallest absolute Gasteiger partial charge is 0.410 e. The Bertz CT molecular complexity index is 401. The van der Waals surface area contributed by atoms with Crippen molar-refractivity contribution in [2.45, 2.75) is 51.3 Å². The lowest BCUT2D eigenvalue weighted by Gasteiger charge is -2.33. The Balaban J connectivity index is 2.11. The Kier molecular flexibility index (Phi) is 4.61. The number of carboxylic acid groups (broad SMARTS) is 1. The summed E-state index contributed by atoms with van der Waals surface area (Å²) in [5.41, 5.74) is -0.563. The van der Waals surface area contributed by atoms with Crippen molar-refractivity contribution in [1.29, 1.82) is 0 Å². The molecule has 2 amide bonds. The molecule has 7 heteroatoms. The fourth-order valence-electron chi connectivity index (χ4n) is 3.07. The molecule has 0 saturated carbocycles. The van der Waals surface area contributed by atoms with Gasteiger partial charge >= 0.3 is 12.2 Å². The predicted molar refractivity (Wildman–Crippen MR) is 75.2 cm³/mol. The maximum absolute atomic E-state index is 12.3. The molecule has 2 saturated heterocycles. The van der Waals surface area contributed by atoms with Gasteiger partial charge in [-0.15, -0.1) is 0 Å². The van der Waals surface area contributed by atoms with E-state index in [4.69, 9.17) is 14.6 Å². The van der Waals surface area contributed by atoms with Gasteiger partial charge in [0.05, 0.1) is 18.7 Å². The van der Waals surface area contributed by atoms with Crippen LogP contribution >= 0.6 is 0 Å². The van der Waals surface area contributed by atoms with E-state index < -0.39 is 11.7 Å². The summed E-state index contributed by atoms with van der Waals surface area (Å²) in [5, 5.41) is 11.5. The molecule has 120 valence electrons. The number of amides is 2. The van der Waals surface area contributed by atoms with E-state index in [9.17, 15) is 9.59 Å². The maximum atomic E-state index is 12.3. The zero-order valence-electron chi connectivity index (χ0n) is 12.8. The second-order valence-electron chi connectivity index (χ2n) is 6.63. The van der Waals surface area contributed by atoms with Crippen LogP contribution in [0.2, 0.25) is 0 Å². The highest BCUT2D eigenvalue weighted by Crippen LogP contribution is 2.31. The molecule has 2 aliphatic rings. The summed E-state index contributed by atoms with van der Waals surface area (Å²) in [4.78, 5) is 24.9. The lowest BCUT2D eigenvalue weighted by Crippen LogP contribution is -2.51. The monoisotopic (exact) mass is 300 g/mol. The molecule has 7 nitrogen and oxygen atoms in total. The lowest BCUT2D eigenvalue weighted by atomic mass is 9.93. The molecule has 0 spiro atoms. The summed E-state index contributed by atoms with van der Waals surface area (Å²) in [6, 6.07) is -0.458. The Morgan fingerprint density at radius 3 is 2.57 bits per heavy atom. The van der Waals surface area contributed by atoms with Gasteiger partial charge in [0, 0.05) is 19.1 Å². The Hall–Kier alpha value is -1.50. The van der Waals surface area contributed by atoms with Crippen molar-refractivity contribution in [2.24, 2.45) is 5.92 Å². The third kappa shape index (κ3) is 4.00. The van der Waals surface area contributed by atoms with Gasteiger partial charge in [-0.25, -0.2) is 9.59 Å². The van der Waals surface area contributed by atoms with Crippen molar-refractivity contribution in [3.8, 4) is 0 Å². The number of rotatable bonds is 2. The molecule has 3 atom stereocenters. The van der Waals surface area contributed by atoms with Gasteiger partial charge in [0.2, 0.25) is 0 Å². The molecule has 2 fully saturated rings. The molecule has 0 aliphatic carbocycles. The van der Waals surface area contributed by atoms with Gasteiger partial charge in [-0.2, -0.15) is 0 Å². The van der Waals surface area contributed by atoms with E-state index in [2.05, 4.69) is 5.32 Å². The molecule has 0 aromatic rings. The summed E-state index contributed by atoms with van der Waals surface area (Å²) in [5.74, 6) is 0.150. The minimum Gasteiger partial charge on any atom is -0.465 e. The molecule has 2 N–H and O–H groups in total. The Morgan fingerprint density at radius 1 is 1.33 bits per heavy atom. The Labute approximate surface area is 124 Å². The average molecular weight is 300 g/mol. The first kappa shape index (κ1) is 15.9. The minimum atomic E-state index is -1.06. The van der Waals surface area contributed by atoms with Crippen LogP contribution in [-0.4, -0.2) is 59.6 Å². The normalized spacial score (nSPS) is 29.5. The summed E-state index contributed by atoms with van der Waals surface area (Å²) in [6.45, 7) is 7.18. The van der Waals surface area contributed by atoms with Crippen molar-refractivity contribution < 1.29 is 24.2 Å². The quantitative estimate of drug-likeness (QED) is 0.810. The van der Waals surface area contributed by atoms with Crippen LogP contribution in [-0.2, 0) is 9.47 Å². The number of hydrogen-bond acceptors (Lipinski definition) is 4. The van der Waals surface area contributed by atoms with E-state index in [1.54, 1.807) is 4.90 Å². The molecular weight excluding hydrogens is 276 g/mol. The van der Waals surface area contributed by atoms with Crippen LogP contribution in [0.4, 0.5) is 9.59 Å². The van der Waals surface area contributed by atoms with Gasteiger partial charge in [0.15, 0.2) is 0 Å². The molecule has 2 rings (SSSR count). The number of hydrogen-bond donors (Lipinski definition) is 2.